The van der Waals surface area contributed by atoms with Crippen LogP contribution in [0.4, 0.5) is 5.69 Å². The van der Waals surface area contributed by atoms with Crippen molar-refractivity contribution in [2.24, 2.45) is 5.14 Å². The molecule has 150 valence electrons. The summed E-state index contributed by atoms with van der Waals surface area (Å²) in [5, 5.41) is 7.62. The van der Waals surface area contributed by atoms with Crippen molar-refractivity contribution in [3.8, 4) is 0 Å². The summed E-state index contributed by atoms with van der Waals surface area (Å²) in [4.78, 5) is 24.8. The van der Waals surface area contributed by atoms with Crippen LogP contribution >= 0.6 is 0 Å². The molecule has 0 heterocycles. The van der Waals surface area contributed by atoms with Crippen molar-refractivity contribution in [2.75, 3.05) is 5.32 Å². The van der Waals surface area contributed by atoms with Crippen molar-refractivity contribution in [1.29, 1.82) is 0 Å². The molecule has 0 saturated heterocycles. The molecule has 3 N–H and O–H groups in total. The minimum absolute atomic E-state index is 0.123. The molecule has 1 amide bonds. The average Bonchev–Trinajstić information content (AvgIpc) is 2.66. The van der Waals surface area contributed by atoms with Crippen molar-refractivity contribution in [3.63, 3.8) is 0 Å². The third-order valence-corrected chi connectivity index (χ3v) is 5.07. The Morgan fingerprint density at radius 3 is 2.39 bits per heavy atom. The molecule has 0 saturated carbocycles. The number of esters is 1. The number of nitrogens with one attached hydrogen (secondary N) is 1. The van der Waals surface area contributed by atoms with Gasteiger partial charge in [-0.3, -0.25) is 9.59 Å². The maximum Gasteiger partial charge on any atom is 0.314 e. The molecule has 0 aliphatic carbocycles. The number of amides is 1. The van der Waals surface area contributed by atoms with E-state index in [4.69, 9.17) is 9.88 Å². The van der Waals surface area contributed by atoms with Gasteiger partial charge >= 0.3 is 5.97 Å². The summed E-state index contributed by atoms with van der Waals surface area (Å²) >= 11 is 0. The third-order valence-electron chi connectivity index (χ3n) is 4.16. The fraction of sp³-hybridized carbons (Fsp3) is 0.300. The van der Waals surface area contributed by atoms with E-state index in [0.717, 1.165) is 12.0 Å². The molecule has 0 fully saturated rings. The number of carbonyl (C=O) groups is 2. The lowest BCUT2D eigenvalue weighted by molar-refractivity contribution is -0.154. The van der Waals surface area contributed by atoms with Crippen LogP contribution in [0, 0.1) is 0 Å². The summed E-state index contributed by atoms with van der Waals surface area (Å²) < 4.78 is 28.2. The highest BCUT2D eigenvalue weighted by molar-refractivity contribution is 7.89. The Kier molecular flexibility index (Phi) is 7.31. The second-order valence-electron chi connectivity index (χ2n) is 6.39. The molecular weight excluding hydrogens is 380 g/mol. The predicted molar refractivity (Wildman–Crippen MR) is 106 cm³/mol. The molecule has 0 bridgehead atoms. The summed E-state index contributed by atoms with van der Waals surface area (Å²) in [6.45, 7) is 3.43. The third kappa shape index (κ3) is 5.90. The van der Waals surface area contributed by atoms with E-state index in [-0.39, 0.29) is 10.6 Å². The molecular formula is C20H24N2O5S. The van der Waals surface area contributed by atoms with Crippen LogP contribution < -0.4 is 10.5 Å². The molecule has 0 unspecified atom stereocenters. The van der Waals surface area contributed by atoms with E-state index < -0.39 is 33.9 Å². The van der Waals surface area contributed by atoms with E-state index in [9.17, 15) is 18.0 Å². The SMILES string of the molecule is CCC[C@H](C(=O)O[C@@H](C)C(=O)Nc1cccc(S(N)(=O)=O)c1)c1ccccc1. The van der Waals surface area contributed by atoms with Crippen LogP contribution in [-0.2, 0) is 24.3 Å². The number of hydrogen-bond donors (Lipinski definition) is 2. The summed E-state index contributed by atoms with van der Waals surface area (Å²) in [7, 11) is -3.89. The highest BCUT2D eigenvalue weighted by Gasteiger charge is 2.26. The Labute approximate surface area is 164 Å². The standard InChI is InChI=1S/C20H24N2O5S/c1-3-8-18(15-9-5-4-6-10-15)20(24)27-14(2)19(23)22-16-11-7-12-17(13-16)28(21,25)26/h4-7,9-14,18H,3,8H2,1-2H3,(H,22,23)(H2,21,25,26)/t14-,18-/m0/s1. The van der Waals surface area contributed by atoms with Gasteiger partial charge in [0.2, 0.25) is 10.0 Å². The van der Waals surface area contributed by atoms with Gasteiger partial charge in [0.15, 0.2) is 6.10 Å². The molecule has 0 aromatic heterocycles. The van der Waals surface area contributed by atoms with Gasteiger partial charge in [-0.1, -0.05) is 49.7 Å². The van der Waals surface area contributed by atoms with Crippen LogP contribution in [-0.4, -0.2) is 26.4 Å². The minimum Gasteiger partial charge on any atom is -0.452 e. The van der Waals surface area contributed by atoms with Crippen molar-refractivity contribution in [2.45, 2.75) is 43.6 Å². The topological polar surface area (TPSA) is 116 Å². The lowest BCUT2D eigenvalue weighted by Crippen LogP contribution is -2.32. The van der Waals surface area contributed by atoms with E-state index in [0.29, 0.717) is 6.42 Å². The van der Waals surface area contributed by atoms with Crippen LogP contribution in [0.5, 0.6) is 0 Å². The number of carbonyl (C=O) groups excluding carboxylic acids is 2. The first kappa shape index (κ1) is 21.6. The van der Waals surface area contributed by atoms with E-state index in [1.54, 1.807) is 0 Å². The summed E-state index contributed by atoms with van der Waals surface area (Å²) in [6, 6.07) is 14.8. The van der Waals surface area contributed by atoms with Gasteiger partial charge in [-0.25, -0.2) is 13.6 Å². The van der Waals surface area contributed by atoms with E-state index in [2.05, 4.69) is 5.32 Å². The van der Waals surface area contributed by atoms with Crippen molar-refractivity contribution < 1.29 is 22.7 Å². The monoisotopic (exact) mass is 404 g/mol. The second-order valence-corrected chi connectivity index (χ2v) is 7.95. The van der Waals surface area contributed by atoms with Gasteiger partial charge < -0.3 is 10.1 Å². The Morgan fingerprint density at radius 2 is 1.79 bits per heavy atom. The first-order chi connectivity index (χ1) is 13.2. The lowest BCUT2D eigenvalue weighted by Gasteiger charge is -2.19. The number of ether oxygens (including phenoxy) is 1. The maximum absolute atomic E-state index is 12.6. The average molecular weight is 404 g/mol. The van der Waals surface area contributed by atoms with Crippen molar-refractivity contribution in [3.05, 3.63) is 60.2 Å². The molecule has 7 nitrogen and oxygen atoms in total. The molecule has 0 aliphatic heterocycles. The summed E-state index contributed by atoms with van der Waals surface area (Å²) in [5.41, 5.74) is 1.08. The molecule has 2 aromatic rings. The summed E-state index contributed by atoms with van der Waals surface area (Å²) in [5.74, 6) is -1.50. The van der Waals surface area contributed by atoms with E-state index in [1.165, 1.54) is 31.2 Å². The number of anilines is 1. The smallest absolute Gasteiger partial charge is 0.314 e. The fourth-order valence-electron chi connectivity index (χ4n) is 2.70. The van der Waals surface area contributed by atoms with Gasteiger partial charge in [-0.15, -0.1) is 0 Å². The zero-order valence-corrected chi connectivity index (χ0v) is 16.6. The van der Waals surface area contributed by atoms with Gasteiger partial charge in [0.1, 0.15) is 0 Å². The molecule has 2 atom stereocenters. The van der Waals surface area contributed by atoms with E-state index in [1.807, 2.05) is 37.3 Å². The quantitative estimate of drug-likeness (QED) is 0.657. The maximum atomic E-state index is 12.6. The zero-order valence-electron chi connectivity index (χ0n) is 15.8. The van der Waals surface area contributed by atoms with Gasteiger partial charge in [0.25, 0.3) is 5.91 Å². The Balaban J connectivity index is 2.06. The first-order valence-electron chi connectivity index (χ1n) is 8.91. The van der Waals surface area contributed by atoms with Crippen molar-refractivity contribution >= 4 is 27.6 Å². The minimum atomic E-state index is -3.89. The van der Waals surface area contributed by atoms with Crippen LogP contribution in [0.1, 0.15) is 38.2 Å². The van der Waals surface area contributed by atoms with Crippen LogP contribution in [0.2, 0.25) is 0 Å². The summed E-state index contributed by atoms with van der Waals surface area (Å²) in [6.07, 6.45) is 0.345. The normalized spacial score (nSPS) is 13.4. The number of sulfonamides is 1. The number of rotatable bonds is 8. The molecule has 28 heavy (non-hydrogen) atoms. The van der Waals surface area contributed by atoms with Crippen LogP contribution in [0.25, 0.3) is 0 Å². The van der Waals surface area contributed by atoms with Gasteiger partial charge in [0.05, 0.1) is 10.8 Å². The molecule has 2 rings (SSSR count). The Morgan fingerprint density at radius 1 is 1.11 bits per heavy atom. The zero-order chi connectivity index (χ0) is 20.7. The van der Waals surface area contributed by atoms with Gasteiger partial charge in [-0.2, -0.15) is 0 Å². The first-order valence-corrected chi connectivity index (χ1v) is 10.5. The van der Waals surface area contributed by atoms with E-state index >= 15 is 0 Å². The molecule has 0 spiro atoms. The molecule has 0 radical (unpaired) electrons. The van der Waals surface area contributed by atoms with Crippen LogP contribution in [0.15, 0.2) is 59.5 Å². The Bertz CT molecular complexity index is 929. The number of nitrogens with two attached hydrogens (primary N) is 1. The number of primary sulfonamides is 1. The molecule has 2 aromatic carbocycles. The largest absolute Gasteiger partial charge is 0.452 e. The van der Waals surface area contributed by atoms with Crippen LogP contribution in [0.3, 0.4) is 0 Å². The molecule has 0 aliphatic rings. The van der Waals surface area contributed by atoms with Gasteiger partial charge in [-0.05, 0) is 37.1 Å². The number of benzene rings is 2. The second kappa shape index (κ2) is 9.48. The Hall–Kier alpha value is -2.71. The highest BCUT2D eigenvalue weighted by atomic mass is 32.2. The van der Waals surface area contributed by atoms with Gasteiger partial charge in [0, 0.05) is 5.69 Å². The molecule has 8 heteroatoms. The highest BCUT2D eigenvalue weighted by Crippen LogP contribution is 2.23. The van der Waals surface area contributed by atoms with Crippen molar-refractivity contribution in [1.82, 2.24) is 0 Å². The predicted octanol–water partition coefficient (Wildman–Crippen LogP) is 2.79. The number of hydrogen-bond acceptors (Lipinski definition) is 5. The lowest BCUT2D eigenvalue weighted by atomic mass is 9.94. The fourth-order valence-corrected chi connectivity index (χ4v) is 3.26.